The Balaban J connectivity index is 1.39. The number of nitrogens with one attached hydrogen (secondary N) is 3. The molecule has 0 spiro atoms. The molecular formula is C23H30N4O4. The Morgan fingerprint density at radius 3 is 2.58 bits per heavy atom. The van der Waals surface area contributed by atoms with Gasteiger partial charge in [0.2, 0.25) is 0 Å². The van der Waals surface area contributed by atoms with Gasteiger partial charge < -0.3 is 25.5 Å². The second-order valence-electron chi connectivity index (χ2n) is 9.43. The molecule has 1 aromatic heterocycles. The summed E-state index contributed by atoms with van der Waals surface area (Å²) >= 11 is 0. The zero-order valence-electron chi connectivity index (χ0n) is 17.8. The van der Waals surface area contributed by atoms with Crippen LogP contribution in [0.2, 0.25) is 0 Å². The van der Waals surface area contributed by atoms with Crippen LogP contribution in [0.3, 0.4) is 0 Å². The van der Waals surface area contributed by atoms with Crippen molar-refractivity contribution in [2.75, 3.05) is 7.11 Å². The number of ether oxygens (including phenoxy) is 1. The lowest BCUT2D eigenvalue weighted by Gasteiger charge is -2.29. The normalized spacial score (nSPS) is 29.8. The highest BCUT2D eigenvalue weighted by Gasteiger charge is 2.41. The van der Waals surface area contributed by atoms with Gasteiger partial charge >= 0.3 is 6.09 Å². The molecule has 166 valence electrons. The molecule has 5 atom stereocenters. The van der Waals surface area contributed by atoms with Crippen molar-refractivity contribution < 1.29 is 19.4 Å². The third-order valence-corrected chi connectivity index (χ3v) is 7.52. The summed E-state index contributed by atoms with van der Waals surface area (Å²) in [6, 6.07) is 3.41. The van der Waals surface area contributed by atoms with E-state index in [2.05, 4.69) is 15.6 Å². The summed E-state index contributed by atoms with van der Waals surface area (Å²) < 4.78 is 5.53. The van der Waals surface area contributed by atoms with E-state index < -0.39 is 6.09 Å². The van der Waals surface area contributed by atoms with E-state index in [4.69, 9.17) is 14.8 Å². The zero-order chi connectivity index (χ0) is 21.5. The Kier molecular flexibility index (Phi) is 5.24. The average molecular weight is 427 g/mol. The van der Waals surface area contributed by atoms with Crippen molar-refractivity contribution in [1.29, 1.82) is 0 Å². The van der Waals surface area contributed by atoms with Crippen LogP contribution in [0, 0.1) is 11.8 Å². The first-order chi connectivity index (χ1) is 15.0. The molecule has 3 aliphatic rings. The third kappa shape index (κ3) is 3.83. The van der Waals surface area contributed by atoms with Crippen LogP contribution in [0.15, 0.2) is 12.1 Å². The van der Waals surface area contributed by atoms with E-state index in [1.807, 2.05) is 6.07 Å². The molecule has 5 rings (SSSR count). The van der Waals surface area contributed by atoms with Crippen molar-refractivity contribution in [1.82, 2.24) is 20.6 Å². The second kappa shape index (κ2) is 8.05. The van der Waals surface area contributed by atoms with Gasteiger partial charge in [-0.15, -0.1) is 0 Å². The summed E-state index contributed by atoms with van der Waals surface area (Å²) in [7, 11) is 1.63. The number of aromatic amines is 1. The summed E-state index contributed by atoms with van der Waals surface area (Å²) in [5, 5.41) is 14.6. The third-order valence-electron chi connectivity index (χ3n) is 7.52. The van der Waals surface area contributed by atoms with Crippen molar-refractivity contribution in [3.05, 3.63) is 23.5 Å². The number of hydrogen-bond acceptors (Lipinski definition) is 4. The van der Waals surface area contributed by atoms with E-state index in [1.165, 1.54) is 25.7 Å². The molecule has 8 heteroatoms. The first-order valence-electron chi connectivity index (χ1n) is 11.4. The second-order valence-corrected chi connectivity index (χ2v) is 9.43. The number of H-pyrrole nitrogens is 1. The van der Waals surface area contributed by atoms with Crippen LogP contribution in [0.25, 0.3) is 11.0 Å². The monoisotopic (exact) mass is 426 g/mol. The summed E-state index contributed by atoms with van der Waals surface area (Å²) in [4.78, 5) is 32.5. The standard InChI is InChI=1S/C23H30N4O4/c1-31-18-8-7-16(22(28)24-14-3-2-4-15(11-14)25-23(29)30)19-20(18)27-21(26-19)17-10-12-5-6-13(17)9-12/h7-8,12-15,17,25H,2-6,9-11H2,1H3,(H,24,28)(H,26,27)(H,29,30). The van der Waals surface area contributed by atoms with E-state index in [1.54, 1.807) is 13.2 Å². The Morgan fingerprint density at radius 2 is 1.90 bits per heavy atom. The largest absolute Gasteiger partial charge is 0.494 e. The van der Waals surface area contributed by atoms with Gasteiger partial charge in [-0.2, -0.15) is 0 Å². The summed E-state index contributed by atoms with van der Waals surface area (Å²) in [5.74, 6) is 3.44. The summed E-state index contributed by atoms with van der Waals surface area (Å²) in [6.07, 6.45) is 7.19. The van der Waals surface area contributed by atoms with E-state index >= 15 is 0 Å². The van der Waals surface area contributed by atoms with Gasteiger partial charge in [0.1, 0.15) is 22.6 Å². The molecule has 4 N–H and O–H groups in total. The molecule has 1 heterocycles. The van der Waals surface area contributed by atoms with E-state index in [0.717, 1.165) is 36.5 Å². The molecule has 3 fully saturated rings. The number of hydrogen-bond donors (Lipinski definition) is 4. The number of benzene rings is 1. The number of nitrogens with zero attached hydrogens (tertiary/aromatic N) is 1. The molecule has 0 radical (unpaired) electrons. The molecule has 2 aromatic rings. The number of rotatable bonds is 5. The predicted molar refractivity (Wildman–Crippen MR) is 116 cm³/mol. The lowest BCUT2D eigenvalue weighted by molar-refractivity contribution is 0.0925. The average Bonchev–Trinajstić information content (AvgIpc) is 3.47. The molecule has 0 aliphatic heterocycles. The quantitative estimate of drug-likeness (QED) is 0.581. The number of imidazole rings is 1. The van der Waals surface area contributed by atoms with Gasteiger partial charge in [-0.1, -0.05) is 6.42 Å². The first kappa shape index (κ1) is 20.2. The van der Waals surface area contributed by atoms with Gasteiger partial charge in [0.25, 0.3) is 5.91 Å². The number of carboxylic acid groups (broad SMARTS) is 1. The Labute approximate surface area is 181 Å². The van der Waals surface area contributed by atoms with Crippen LogP contribution in [-0.2, 0) is 0 Å². The van der Waals surface area contributed by atoms with Crippen LogP contribution >= 0.6 is 0 Å². The number of methoxy groups -OCH3 is 1. The van der Waals surface area contributed by atoms with Crippen LogP contribution < -0.4 is 15.4 Å². The van der Waals surface area contributed by atoms with Crippen molar-refractivity contribution in [2.24, 2.45) is 11.8 Å². The maximum atomic E-state index is 13.2. The molecule has 0 saturated heterocycles. The molecule has 31 heavy (non-hydrogen) atoms. The Morgan fingerprint density at radius 1 is 1.10 bits per heavy atom. The fourth-order valence-corrected chi connectivity index (χ4v) is 6.08. The van der Waals surface area contributed by atoms with Crippen LogP contribution in [-0.4, -0.2) is 46.3 Å². The minimum atomic E-state index is -1.02. The lowest BCUT2D eigenvalue weighted by atomic mass is 9.88. The SMILES string of the molecule is COc1ccc(C(=O)NC2CCCC(NC(=O)O)C2)c2nc(C3CC4CCC3C4)[nH]c12. The minimum Gasteiger partial charge on any atom is -0.494 e. The van der Waals surface area contributed by atoms with Crippen molar-refractivity contribution in [2.45, 2.75) is 69.4 Å². The van der Waals surface area contributed by atoms with Gasteiger partial charge in [-0.05, 0) is 68.9 Å². The lowest BCUT2D eigenvalue weighted by Crippen LogP contribution is -2.45. The molecule has 5 unspecified atom stereocenters. The molecule has 1 aromatic carbocycles. The molecule has 2 amide bonds. The van der Waals surface area contributed by atoms with Gasteiger partial charge in [0, 0.05) is 18.0 Å². The maximum Gasteiger partial charge on any atom is 0.404 e. The molecule has 3 saturated carbocycles. The zero-order valence-corrected chi connectivity index (χ0v) is 17.8. The van der Waals surface area contributed by atoms with E-state index in [0.29, 0.717) is 35.1 Å². The Bertz CT molecular complexity index is 1000. The predicted octanol–water partition coefficient (Wildman–Crippen LogP) is 3.78. The number of carbonyl (C=O) groups excluding carboxylic acids is 1. The highest BCUT2D eigenvalue weighted by atomic mass is 16.5. The topological polar surface area (TPSA) is 116 Å². The van der Waals surface area contributed by atoms with Crippen LogP contribution in [0.4, 0.5) is 4.79 Å². The fourth-order valence-electron chi connectivity index (χ4n) is 6.08. The van der Waals surface area contributed by atoms with Gasteiger partial charge in [0.15, 0.2) is 0 Å². The van der Waals surface area contributed by atoms with Gasteiger partial charge in [-0.3, -0.25) is 4.79 Å². The van der Waals surface area contributed by atoms with Gasteiger partial charge in [0.05, 0.1) is 12.7 Å². The first-order valence-corrected chi connectivity index (χ1v) is 11.4. The van der Waals surface area contributed by atoms with E-state index in [9.17, 15) is 9.59 Å². The highest BCUT2D eigenvalue weighted by molar-refractivity contribution is 6.06. The number of amides is 2. The van der Waals surface area contributed by atoms with Crippen molar-refractivity contribution in [3.63, 3.8) is 0 Å². The molecule has 8 nitrogen and oxygen atoms in total. The maximum absolute atomic E-state index is 13.2. The summed E-state index contributed by atoms with van der Waals surface area (Å²) in [6.45, 7) is 0. The molecule has 2 bridgehead atoms. The van der Waals surface area contributed by atoms with E-state index in [-0.39, 0.29) is 18.0 Å². The number of fused-ring (bicyclic) bond motifs is 3. The Hall–Kier alpha value is -2.77. The number of carbonyl (C=O) groups is 2. The molecule has 3 aliphatic carbocycles. The highest BCUT2D eigenvalue weighted by Crippen LogP contribution is 2.52. The fraction of sp³-hybridized carbons (Fsp3) is 0.609. The number of aromatic nitrogens is 2. The minimum absolute atomic E-state index is 0.0563. The van der Waals surface area contributed by atoms with Crippen molar-refractivity contribution in [3.8, 4) is 5.75 Å². The van der Waals surface area contributed by atoms with Crippen LogP contribution in [0.5, 0.6) is 5.75 Å². The summed E-state index contributed by atoms with van der Waals surface area (Å²) in [5.41, 5.74) is 1.97. The van der Waals surface area contributed by atoms with Gasteiger partial charge in [-0.25, -0.2) is 9.78 Å². The smallest absolute Gasteiger partial charge is 0.404 e. The van der Waals surface area contributed by atoms with Crippen molar-refractivity contribution >= 4 is 23.0 Å². The van der Waals surface area contributed by atoms with Crippen LogP contribution in [0.1, 0.15) is 73.5 Å². The molecular weight excluding hydrogens is 396 g/mol.